The number of nitrogens with zero attached hydrogens (tertiary/aromatic N) is 3. The fourth-order valence-corrected chi connectivity index (χ4v) is 3.97. The third-order valence-electron chi connectivity index (χ3n) is 4.93. The number of carbonyl (C=O) groups is 3. The van der Waals surface area contributed by atoms with E-state index in [1.54, 1.807) is 42.5 Å². The monoisotopic (exact) mass is 490 g/mol. The number of aromatic nitrogens is 1. The minimum Gasteiger partial charge on any atom is -0.439 e. The number of amides is 3. The maximum Gasteiger partial charge on any atom is 0.294 e. The van der Waals surface area contributed by atoms with E-state index in [4.69, 9.17) is 4.74 Å². The van der Waals surface area contributed by atoms with E-state index < -0.39 is 22.0 Å². The highest BCUT2D eigenvalue weighted by Gasteiger charge is 2.36. The van der Waals surface area contributed by atoms with Crippen molar-refractivity contribution in [2.45, 2.75) is 6.92 Å². The molecule has 3 aromatic rings. The molecule has 11 heteroatoms. The highest BCUT2D eigenvalue weighted by molar-refractivity contribution is 8.18. The van der Waals surface area contributed by atoms with E-state index in [-0.39, 0.29) is 23.0 Å². The molecule has 1 aliphatic rings. The van der Waals surface area contributed by atoms with Crippen LogP contribution in [0.3, 0.4) is 0 Å². The zero-order valence-corrected chi connectivity index (χ0v) is 19.2. The van der Waals surface area contributed by atoms with Gasteiger partial charge < -0.3 is 10.1 Å². The number of thioether (sulfide) groups is 1. The van der Waals surface area contributed by atoms with Gasteiger partial charge >= 0.3 is 0 Å². The van der Waals surface area contributed by atoms with E-state index in [0.717, 1.165) is 28.4 Å². The van der Waals surface area contributed by atoms with E-state index in [1.807, 2.05) is 19.1 Å². The van der Waals surface area contributed by atoms with Crippen LogP contribution >= 0.6 is 11.8 Å². The molecule has 4 rings (SSSR count). The van der Waals surface area contributed by atoms with Crippen molar-refractivity contribution >= 4 is 46.3 Å². The number of pyridine rings is 1. The van der Waals surface area contributed by atoms with Gasteiger partial charge in [-0.15, -0.1) is 0 Å². The normalized spacial score (nSPS) is 14.3. The van der Waals surface area contributed by atoms with E-state index in [2.05, 4.69) is 10.3 Å². The van der Waals surface area contributed by atoms with Crippen molar-refractivity contribution in [3.63, 3.8) is 0 Å². The standard InChI is InChI=1S/C24H18N4O6S/c1-15-4-2-3-5-19(15)26-21(29)14-27-23(30)20(35-24(27)31)12-16-6-9-18(10-7-16)34-22-11-8-17(13-25-22)28(32)33/h2-13H,14H2,1H3,(H,26,29)/b20-12-. The lowest BCUT2D eigenvalue weighted by Gasteiger charge is -2.13. The molecule has 0 spiro atoms. The summed E-state index contributed by atoms with van der Waals surface area (Å²) >= 11 is 0.761. The molecule has 1 fully saturated rings. The molecule has 2 aromatic carbocycles. The molecule has 0 aliphatic carbocycles. The number of hydrogen-bond acceptors (Lipinski definition) is 8. The number of rotatable bonds is 7. The minimum absolute atomic E-state index is 0.144. The molecule has 10 nitrogen and oxygen atoms in total. The topological polar surface area (TPSA) is 132 Å². The van der Waals surface area contributed by atoms with E-state index >= 15 is 0 Å². The molecule has 35 heavy (non-hydrogen) atoms. The molecule has 1 aliphatic heterocycles. The van der Waals surface area contributed by atoms with Crippen molar-refractivity contribution in [1.82, 2.24) is 9.88 Å². The van der Waals surface area contributed by atoms with Gasteiger partial charge in [0.1, 0.15) is 18.5 Å². The molecular weight excluding hydrogens is 472 g/mol. The van der Waals surface area contributed by atoms with Gasteiger partial charge in [0.15, 0.2) is 0 Å². The number of nitrogens with one attached hydrogen (secondary N) is 1. The summed E-state index contributed by atoms with van der Waals surface area (Å²) in [6.07, 6.45) is 2.65. The molecule has 0 bridgehead atoms. The van der Waals surface area contributed by atoms with Crippen LogP contribution < -0.4 is 10.1 Å². The van der Waals surface area contributed by atoms with Crippen LogP contribution in [0.25, 0.3) is 6.08 Å². The fraction of sp³-hybridized carbons (Fsp3) is 0.0833. The second-order valence-electron chi connectivity index (χ2n) is 7.41. The van der Waals surface area contributed by atoms with Crippen molar-refractivity contribution in [3.8, 4) is 11.6 Å². The van der Waals surface area contributed by atoms with Crippen LogP contribution in [0.5, 0.6) is 11.6 Å². The molecule has 0 atom stereocenters. The SMILES string of the molecule is Cc1ccccc1NC(=O)CN1C(=O)S/C(=C\c2ccc(Oc3ccc([N+](=O)[O-])cn3)cc2)C1=O. The van der Waals surface area contributed by atoms with Gasteiger partial charge in [-0.05, 0) is 54.1 Å². The lowest BCUT2D eigenvalue weighted by Crippen LogP contribution is -2.36. The summed E-state index contributed by atoms with van der Waals surface area (Å²) in [4.78, 5) is 52.6. The highest BCUT2D eigenvalue weighted by Crippen LogP contribution is 2.32. The van der Waals surface area contributed by atoms with Crippen molar-refractivity contribution in [1.29, 1.82) is 0 Å². The Morgan fingerprint density at radius 2 is 1.89 bits per heavy atom. The van der Waals surface area contributed by atoms with E-state index in [1.165, 1.54) is 12.1 Å². The summed E-state index contributed by atoms with van der Waals surface area (Å²) in [7, 11) is 0. The van der Waals surface area contributed by atoms with Crippen LogP contribution in [-0.2, 0) is 9.59 Å². The highest BCUT2D eigenvalue weighted by atomic mass is 32.2. The van der Waals surface area contributed by atoms with Gasteiger partial charge in [-0.2, -0.15) is 0 Å². The first-order valence-corrected chi connectivity index (χ1v) is 11.1. The van der Waals surface area contributed by atoms with Gasteiger partial charge in [-0.25, -0.2) is 4.98 Å². The van der Waals surface area contributed by atoms with Crippen LogP contribution in [0.15, 0.2) is 71.8 Å². The Bertz CT molecular complexity index is 1340. The van der Waals surface area contributed by atoms with Gasteiger partial charge in [-0.1, -0.05) is 30.3 Å². The zero-order valence-electron chi connectivity index (χ0n) is 18.3. The Hall–Kier alpha value is -4.51. The largest absolute Gasteiger partial charge is 0.439 e. The molecule has 1 aromatic heterocycles. The summed E-state index contributed by atoms with van der Waals surface area (Å²) < 4.78 is 5.56. The number of benzene rings is 2. The van der Waals surface area contributed by atoms with Crippen LogP contribution in [0.1, 0.15) is 11.1 Å². The maximum absolute atomic E-state index is 12.7. The predicted molar refractivity (Wildman–Crippen MR) is 130 cm³/mol. The van der Waals surface area contributed by atoms with Crippen molar-refractivity contribution in [2.75, 3.05) is 11.9 Å². The molecule has 0 radical (unpaired) electrons. The minimum atomic E-state index is -0.552. The Kier molecular flexibility index (Phi) is 6.88. The van der Waals surface area contributed by atoms with E-state index in [9.17, 15) is 24.5 Å². The van der Waals surface area contributed by atoms with Gasteiger partial charge in [0.2, 0.25) is 11.8 Å². The lowest BCUT2D eigenvalue weighted by molar-refractivity contribution is -0.385. The van der Waals surface area contributed by atoms with Crippen LogP contribution in [-0.4, -0.2) is 38.4 Å². The van der Waals surface area contributed by atoms with Crippen molar-refractivity contribution in [3.05, 3.63) is 93.0 Å². The first kappa shape index (κ1) is 23.6. The Morgan fingerprint density at radius 3 is 2.54 bits per heavy atom. The molecule has 2 heterocycles. The van der Waals surface area contributed by atoms with Gasteiger partial charge in [0.25, 0.3) is 16.8 Å². The number of carbonyl (C=O) groups excluding carboxylic acids is 3. The molecule has 1 N–H and O–H groups in total. The second kappa shape index (κ2) is 10.2. The quantitative estimate of drug-likeness (QED) is 0.285. The first-order valence-electron chi connectivity index (χ1n) is 10.3. The number of aryl methyl sites for hydroxylation is 1. The maximum atomic E-state index is 12.7. The predicted octanol–water partition coefficient (Wildman–Crippen LogP) is 4.77. The number of imide groups is 1. The smallest absolute Gasteiger partial charge is 0.294 e. The molecule has 0 saturated carbocycles. The molecule has 3 amide bonds. The Labute approximate surface area is 203 Å². The van der Waals surface area contributed by atoms with Gasteiger partial charge in [0.05, 0.1) is 9.83 Å². The number of hydrogen-bond donors (Lipinski definition) is 1. The van der Waals surface area contributed by atoms with E-state index in [0.29, 0.717) is 17.0 Å². The van der Waals surface area contributed by atoms with Crippen LogP contribution in [0.4, 0.5) is 16.2 Å². The van der Waals surface area contributed by atoms with Crippen LogP contribution in [0.2, 0.25) is 0 Å². The molecule has 1 saturated heterocycles. The third kappa shape index (κ3) is 5.71. The summed E-state index contributed by atoms with van der Waals surface area (Å²) in [5, 5.41) is 12.9. The number of nitro groups is 1. The lowest BCUT2D eigenvalue weighted by atomic mass is 10.2. The summed E-state index contributed by atoms with van der Waals surface area (Å²) in [5.41, 5.74) is 1.98. The van der Waals surface area contributed by atoms with Crippen LogP contribution in [0, 0.1) is 17.0 Å². The average molecular weight is 490 g/mol. The van der Waals surface area contributed by atoms with Crippen molar-refractivity contribution in [2.24, 2.45) is 0 Å². The number of ether oxygens (including phenoxy) is 1. The second-order valence-corrected chi connectivity index (χ2v) is 8.41. The molecule has 0 unspecified atom stereocenters. The fourth-order valence-electron chi connectivity index (χ4n) is 3.13. The number of anilines is 1. The average Bonchev–Trinajstić information content (AvgIpc) is 3.09. The molecule has 176 valence electrons. The summed E-state index contributed by atoms with van der Waals surface area (Å²) in [5.74, 6) is -0.391. The third-order valence-corrected chi connectivity index (χ3v) is 5.83. The summed E-state index contributed by atoms with van der Waals surface area (Å²) in [6, 6.07) is 16.5. The Balaban J connectivity index is 1.39. The summed E-state index contributed by atoms with van der Waals surface area (Å²) in [6.45, 7) is 1.46. The van der Waals surface area contributed by atoms with Crippen molar-refractivity contribution < 1.29 is 24.0 Å². The molecular formula is C24H18N4O6S. The first-order chi connectivity index (χ1) is 16.8. The number of para-hydroxylation sites is 1. The zero-order chi connectivity index (χ0) is 24.9. The Morgan fingerprint density at radius 1 is 1.14 bits per heavy atom. The van der Waals surface area contributed by atoms with Gasteiger partial charge in [-0.3, -0.25) is 29.4 Å². The van der Waals surface area contributed by atoms with Gasteiger partial charge in [0, 0.05) is 17.8 Å².